The Morgan fingerprint density at radius 2 is 1.91 bits per heavy atom. The van der Waals surface area contributed by atoms with E-state index in [-0.39, 0.29) is 24.2 Å². The molecule has 1 aromatic heterocycles. The van der Waals surface area contributed by atoms with Gasteiger partial charge in [0.25, 0.3) is 11.9 Å². The van der Waals surface area contributed by atoms with Crippen molar-refractivity contribution < 1.29 is 19.4 Å². The number of esters is 1. The SMILES string of the molecule is CC(=O)Oc1c2n(c(O)nc1=O)[C@@H](C(c1c#cccc1)c1ccccc1)CN(C(C)C)C2=O. The van der Waals surface area contributed by atoms with E-state index in [1.807, 2.05) is 56.3 Å². The third kappa shape index (κ3) is 4.05. The summed E-state index contributed by atoms with van der Waals surface area (Å²) in [4.78, 5) is 42.9. The second kappa shape index (κ2) is 8.79. The van der Waals surface area contributed by atoms with Gasteiger partial charge in [-0.25, -0.2) is 0 Å². The van der Waals surface area contributed by atoms with E-state index >= 15 is 0 Å². The van der Waals surface area contributed by atoms with Crippen LogP contribution in [0.2, 0.25) is 0 Å². The smallest absolute Gasteiger partial charge is 0.319 e. The van der Waals surface area contributed by atoms with E-state index in [4.69, 9.17) is 4.74 Å². The van der Waals surface area contributed by atoms with E-state index in [9.17, 15) is 19.5 Å². The zero-order chi connectivity index (χ0) is 23.7. The molecule has 3 aromatic rings. The lowest BCUT2D eigenvalue weighted by molar-refractivity contribution is -0.132. The molecule has 1 aliphatic heterocycles. The van der Waals surface area contributed by atoms with Gasteiger partial charge in [-0.3, -0.25) is 19.0 Å². The Kier molecular flexibility index (Phi) is 5.88. The maximum Gasteiger partial charge on any atom is 0.319 e. The highest BCUT2D eigenvalue weighted by Crippen LogP contribution is 2.41. The number of carbonyl (C=O) groups is 2. The summed E-state index contributed by atoms with van der Waals surface area (Å²) in [6.45, 7) is 5.07. The maximum atomic E-state index is 13.4. The molecule has 0 aliphatic carbocycles. The van der Waals surface area contributed by atoms with Crippen LogP contribution in [0.25, 0.3) is 0 Å². The lowest BCUT2D eigenvalue weighted by atomic mass is 9.84. The average Bonchev–Trinajstić information content (AvgIpc) is 2.78. The number of hydrogen-bond acceptors (Lipinski definition) is 6. The van der Waals surface area contributed by atoms with Crippen molar-refractivity contribution in [1.29, 1.82) is 0 Å². The van der Waals surface area contributed by atoms with Crippen molar-refractivity contribution in [2.75, 3.05) is 6.54 Å². The fourth-order valence-corrected chi connectivity index (χ4v) is 4.28. The highest BCUT2D eigenvalue weighted by Gasteiger charge is 2.42. The fourth-order valence-electron chi connectivity index (χ4n) is 4.28. The van der Waals surface area contributed by atoms with E-state index in [1.165, 1.54) is 4.57 Å². The molecule has 1 aliphatic rings. The summed E-state index contributed by atoms with van der Waals surface area (Å²) >= 11 is 0. The van der Waals surface area contributed by atoms with Gasteiger partial charge in [-0.05, 0) is 31.5 Å². The first kappa shape index (κ1) is 22.1. The molecule has 0 bridgehead atoms. The van der Waals surface area contributed by atoms with Crippen molar-refractivity contribution >= 4 is 11.9 Å². The Labute approximate surface area is 191 Å². The van der Waals surface area contributed by atoms with Gasteiger partial charge in [-0.1, -0.05) is 48.5 Å². The first-order valence-electron chi connectivity index (χ1n) is 10.6. The minimum atomic E-state index is -0.984. The van der Waals surface area contributed by atoms with Gasteiger partial charge in [-0.15, -0.1) is 0 Å². The molecule has 0 fully saturated rings. The van der Waals surface area contributed by atoms with Crippen LogP contribution in [0.1, 0.15) is 54.3 Å². The number of aromatic hydroxyl groups is 1. The summed E-state index contributed by atoms with van der Waals surface area (Å²) in [5, 5.41) is 10.8. The Balaban J connectivity index is 2.02. The van der Waals surface area contributed by atoms with E-state index < -0.39 is 35.2 Å². The fraction of sp³-hybridized carbons (Fsp3) is 0.280. The average molecular weight is 445 g/mol. The molecule has 0 spiro atoms. The van der Waals surface area contributed by atoms with Gasteiger partial charge < -0.3 is 14.7 Å². The molecule has 2 atom stereocenters. The molecule has 2 heterocycles. The number of amides is 1. The summed E-state index contributed by atoms with van der Waals surface area (Å²) in [7, 11) is 0. The molecule has 168 valence electrons. The number of hydrogen-bond donors (Lipinski definition) is 1. The van der Waals surface area contributed by atoms with Crippen molar-refractivity contribution in [2.24, 2.45) is 0 Å². The normalized spacial score (nSPS) is 15.4. The lowest BCUT2D eigenvalue weighted by Crippen LogP contribution is -2.49. The number of ether oxygens (including phenoxy) is 1. The highest BCUT2D eigenvalue weighted by molar-refractivity contribution is 5.97. The predicted molar refractivity (Wildman–Crippen MR) is 119 cm³/mol. The van der Waals surface area contributed by atoms with Crippen LogP contribution < -0.4 is 10.3 Å². The molecule has 33 heavy (non-hydrogen) atoms. The number of fused-ring (bicyclic) bond motifs is 1. The van der Waals surface area contributed by atoms with Crippen LogP contribution >= 0.6 is 0 Å². The number of carbonyl (C=O) groups excluding carboxylic acids is 2. The zero-order valence-corrected chi connectivity index (χ0v) is 18.5. The Morgan fingerprint density at radius 1 is 1.18 bits per heavy atom. The van der Waals surface area contributed by atoms with Crippen molar-refractivity contribution in [3.8, 4) is 11.8 Å². The van der Waals surface area contributed by atoms with Crippen LogP contribution in [0, 0.1) is 12.1 Å². The minimum Gasteiger partial charge on any atom is -0.480 e. The van der Waals surface area contributed by atoms with E-state index in [0.717, 1.165) is 18.1 Å². The molecule has 4 rings (SSSR count). The summed E-state index contributed by atoms with van der Waals surface area (Å²) in [5.41, 5.74) is 0.510. The van der Waals surface area contributed by atoms with Crippen LogP contribution in [0.4, 0.5) is 0 Å². The van der Waals surface area contributed by atoms with Crippen LogP contribution in [0.3, 0.4) is 0 Å². The quantitative estimate of drug-likeness (QED) is 0.606. The van der Waals surface area contributed by atoms with Crippen LogP contribution in [-0.2, 0) is 4.79 Å². The van der Waals surface area contributed by atoms with Gasteiger partial charge in [0.05, 0.1) is 6.04 Å². The van der Waals surface area contributed by atoms with E-state index in [2.05, 4.69) is 17.1 Å². The summed E-state index contributed by atoms with van der Waals surface area (Å²) < 4.78 is 6.43. The van der Waals surface area contributed by atoms with Gasteiger partial charge >= 0.3 is 11.5 Å². The number of benzene rings is 1. The monoisotopic (exact) mass is 445 g/mol. The second-order valence-electron chi connectivity index (χ2n) is 8.12. The van der Waals surface area contributed by atoms with E-state index in [0.29, 0.717) is 0 Å². The van der Waals surface area contributed by atoms with Crippen molar-refractivity contribution in [3.05, 3.63) is 87.8 Å². The third-order valence-electron chi connectivity index (χ3n) is 5.67. The van der Waals surface area contributed by atoms with Gasteiger partial charge in [0, 0.05) is 31.0 Å². The molecular weight excluding hydrogens is 422 g/mol. The highest BCUT2D eigenvalue weighted by atomic mass is 16.5. The molecule has 0 saturated heterocycles. The number of nitrogens with zero attached hydrogens (tertiary/aromatic N) is 3. The van der Waals surface area contributed by atoms with Gasteiger partial charge in [0.15, 0.2) is 5.69 Å². The standard InChI is InChI=1S/C25H23N3O5/c1-15(2)27-14-19(20(17-10-6-4-7-11-17)18-12-8-5-9-13-18)28-21(24(27)31)22(33-16(3)29)23(30)26-25(28)32/h4-8,10-12,15,19-20H,14H2,1-3H3,(H,26,30,32)/t19-,20?/m1/s1. The Hall–Kier alpha value is -4.12. The minimum absolute atomic E-state index is 0.200. The first-order chi connectivity index (χ1) is 15.8. The van der Waals surface area contributed by atoms with Crippen LogP contribution in [-0.4, -0.2) is 44.0 Å². The van der Waals surface area contributed by atoms with Gasteiger partial charge in [0.1, 0.15) is 0 Å². The third-order valence-corrected chi connectivity index (χ3v) is 5.67. The van der Waals surface area contributed by atoms with Gasteiger partial charge in [-0.2, -0.15) is 4.98 Å². The number of rotatable bonds is 5. The molecule has 8 nitrogen and oxygen atoms in total. The number of aromatic nitrogens is 2. The van der Waals surface area contributed by atoms with Crippen LogP contribution in [0.15, 0.2) is 53.3 Å². The lowest BCUT2D eigenvalue weighted by Gasteiger charge is -2.41. The molecular formula is C25H23N3O5. The topological polar surface area (TPSA) is 102 Å². The summed E-state index contributed by atoms with van der Waals surface area (Å²) in [5.74, 6) is -2.16. The molecule has 0 radical (unpaired) electrons. The van der Waals surface area contributed by atoms with Crippen LogP contribution in [0.5, 0.6) is 11.8 Å². The predicted octanol–water partition coefficient (Wildman–Crippen LogP) is 2.71. The molecule has 1 amide bonds. The first-order valence-corrected chi connectivity index (χ1v) is 10.6. The maximum absolute atomic E-state index is 13.4. The molecule has 1 unspecified atom stereocenters. The molecule has 1 N–H and O–H groups in total. The largest absolute Gasteiger partial charge is 0.480 e. The molecule has 2 aromatic carbocycles. The zero-order valence-electron chi connectivity index (χ0n) is 18.5. The van der Waals surface area contributed by atoms with Crippen molar-refractivity contribution in [3.63, 3.8) is 0 Å². The Morgan fingerprint density at radius 3 is 2.52 bits per heavy atom. The van der Waals surface area contributed by atoms with Crippen molar-refractivity contribution in [1.82, 2.24) is 14.5 Å². The van der Waals surface area contributed by atoms with Gasteiger partial charge in [0.2, 0.25) is 5.75 Å². The van der Waals surface area contributed by atoms with Crippen molar-refractivity contribution in [2.45, 2.75) is 38.8 Å². The molecule has 0 saturated carbocycles. The second-order valence-corrected chi connectivity index (χ2v) is 8.12. The summed E-state index contributed by atoms with van der Waals surface area (Å²) in [6, 6.07) is 19.8. The molecule has 8 heteroatoms. The Bertz CT molecular complexity index is 1200. The summed E-state index contributed by atoms with van der Waals surface area (Å²) in [6.07, 6.45) is 0. The van der Waals surface area contributed by atoms with E-state index in [1.54, 1.807) is 11.0 Å².